The minimum atomic E-state index is -4.39. The first-order valence-corrected chi connectivity index (χ1v) is 10.7. The van der Waals surface area contributed by atoms with Crippen molar-refractivity contribution in [3.63, 3.8) is 0 Å². The summed E-state index contributed by atoms with van der Waals surface area (Å²) in [5, 5.41) is 3.83. The number of rotatable bonds is 6. The van der Waals surface area contributed by atoms with Crippen molar-refractivity contribution in [2.24, 2.45) is 0 Å². The van der Waals surface area contributed by atoms with Crippen molar-refractivity contribution in [2.45, 2.75) is 44.5 Å². The maximum absolute atomic E-state index is 13.2. The molecule has 1 aliphatic carbocycles. The SMILES string of the molecule is O=C(Cn1nc(C(F)F)c(Cl)c1C1CC1)N1CCN(Cc2cccc(C(F)(F)F)c2)CC1. The largest absolute Gasteiger partial charge is 0.416 e. The van der Waals surface area contributed by atoms with Crippen molar-refractivity contribution >= 4 is 17.5 Å². The van der Waals surface area contributed by atoms with E-state index in [1.54, 1.807) is 11.0 Å². The van der Waals surface area contributed by atoms with Crippen LogP contribution in [0.1, 0.15) is 47.7 Å². The van der Waals surface area contributed by atoms with Crippen molar-refractivity contribution < 1.29 is 26.7 Å². The van der Waals surface area contributed by atoms with E-state index in [2.05, 4.69) is 5.10 Å². The summed E-state index contributed by atoms with van der Waals surface area (Å²) < 4.78 is 66.4. The molecule has 1 aromatic carbocycles. The number of nitrogens with zero attached hydrogens (tertiary/aromatic N) is 4. The van der Waals surface area contributed by atoms with Crippen molar-refractivity contribution in [1.29, 1.82) is 0 Å². The van der Waals surface area contributed by atoms with Gasteiger partial charge in [0.25, 0.3) is 6.43 Å². The highest BCUT2D eigenvalue weighted by Crippen LogP contribution is 2.45. The zero-order valence-electron chi connectivity index (χ0n) is 17.1. The number of carbonyl (C=O) groups excluding carboxylic acids is 1. The first-order chi connectivity index (χ1) is 15.1. The Morgan fingerprint density at radius 1 is 1.16 bits per heavy atom. The lowest BCUT2D eigenvalue weighted by Crippen LogP contribution is -2.49. The second-order valence-corrected chi connectivity index (χ2v) is 8.55. The number of piperazine rings is 1. The smallest absolute Gasteiger partial charge is 0.339 e. The lowest BCUT2D eigenvalue weighted by atomic mass is 10.1. The highest BCUT2D eigenvalue weighted by atomic mass is 35.5. The Hall–Kier alpha value is -2.20. The van der Waals surface area contributed by atoms with Gasteiger partial charge in [-0.1, -0.05) is 29.8 Å². The molecule has 1 saturated heterocycles. The van der Waals surface area contributed by atoms with Gasteiger partial charge in [-0.3, -0.25) is 14.4 Å². The molecular formula is C21H22ClF5N4O. The molecule has 0 N–H and O–H groups in total. The van der Waals surface area contributed by atoms with Crippen LogP contribution < -0.4 is 0 Å². The summed E-state index contributed by atoms with van der Waals surface area (Å²) in [5.74, 6) is -0.190. The third-order valence-corrected chi connectivity index (χ3v) is 6.18. The van der Waals surface area contributed by atoms with Crippen molar-refractivity contribution in [1.82, 2.24) is 19.6 Å². The van der Waals surface area contributed by atoms with Gasteiger partial charge in [0.2, 0.25) is 5.91 Å². The molecule has 2 heterocycles. The minimum Gasteiger partial charge on any atom is -0.339 e. The van der Waals surface area contributed by atoms with E-state index in [-0.39, 0.29) is 23.4 Å². The van der Waals surface area contributed by atoms with Crippen molar-refractivity contribution in [3.8, 4) is 0 Å². The predicted octanol–water partition coefficient (Wildman–Crippen LogP) is 4.71. The van der Waals surface area contributed by atoms with Crippen LogP contribution in [0.15, 0.2) is 24.3 Å². The van der Waals surface area contributed by atoms with Crippen LogP contribution in [0.3, 0.4) is 0 Å². The molecule has 1 aromatic heterocycles. The number of halogens is 6. The van der Waals surface area contributed by atoms with Crippen LogP contribution in [0.5, 0.6) is 0 Å². The normalized spacial score (nSPS) is 17.9. The molecule has 1 aliphatic heterocycles. The Morgan fingerprint density at radius 3 is 2.44 bits per heavy atom. The van der Waals surface area contributed by atoms with E-state index in [9.17, 15) is 26.7 Å². The quantitative estimate of drug-likeness (QED) is 0.567. The van der Waals surface area contributed by atoms with Gasteiger partial charge in [0.1, 0.15) is 12.2 Å². The maximum Gasteiger partial charge on any atom is 0.416 e. The zero-order chi connectivity index (χ0) is 23.0. The average Bonchev–Trinajstić information content (AvgIpc) is 3.51. The van der Waals surface area contributed by atoms with Crippen LogP contribution in [0.25, 0.3) is 0 Å². The summed E-state index contributed by atoms with van der Waals surface area (Å²) in [4.78, 5) is 16.4. The van der Waals surface area contributed by atoms with Crippen LogP contribution in [-0.2, 0) is 24.1 Å². The fourth-order valence-corrected chi connectivity index (χ4v) is 4.34. The van der Waals surface area contributed by atoms with Gasteiger partial charge in [0, 0.05) is 38.6 Å². The van der Waals surface area contributed by atoms with Gasteiger partial charge in [0.15, 0.2) is 0 Å². The third-order valence-electron chi connectivity index (χ3n) is 5.80. The van der Waals surface area contributed by atoms with E-state index >= 15 is 0 Å². The van der Waals surface area contributed by atoms with Gasteiger partial charge >= 0.3 is 6.18 Å². The molecule has 4 rings (SSSR count). The molecule has 1 saturated carbocycles. The Kier molecular flexibility index (Phi) is 6.44. The summed E-state index contributed by atoms with van der Waals surface area (Å²) in [6.45, 7) is 1.98. The maximum atomic E-state index is 13.2. The Labute approximate surface area is 186 Å². The Balaban J connectivity index is 1.35. The molecule has 0 unspecified atom stereocenters. The first-order valence-electron chi connectivity index (χ1n) is 10.3. The lowest BCUT2D eigenvalue weighted by molar-refractivity contribution is -0.138. The third kappa shape index (κ3) is 5.06. The van der Waals surface area contributed by atoms with Crippen LogP contribution >= 0.6 is 11.6 Å². The standard InChI is InChI=1S/C21H22ClF5N4O/c22-17-18(20(23)24)28-31(19(17)14-4-5-14)12-16(32)30-8-6-29(7-9-30)11-13-2-1-3-15(10-13)21(25,26)27/h1-3,10,14,20H,4-9,11-12H2. The molecule has 174 valence electrons. The van der Waals surface area contributed by atoms with E-state index in [0.717, 1.165) is 25.0 Å². The fraction of sp³-hybridized carbons (Fsp3) is 0.524. The summed E-state index contributed by atoms with van der Waals surface area (Å²) in [6, 6.07) is 5.21. The second kappa shape index (κ2) is 8.97. The molecule has 0 radical (unpaired) electrons. The highest BCUT2D eigenvalue weighted by molar-refractivity contribution is 6.32. The first kappa shape index (κ1) is 23.0. The van der Waals surface area contributed by atoms with Crippen LogP contribution in [0.4, 0.5) is 22.0 Å². The Morgan fingerprint density at radius 2 is 1.84 bits per heavy atom. The monoisotopic (exact) mass is 476 g/mol. The van der Waals surface area contributed by atoms with Crippen molar-refractivity contribution in [2.75, 3.05) is 26.2 Å². The fourth-order valence-electron chi connectivity index (χ4n) is 3.97. The predicted molar refractivity (Wildman–Crippen MR) is 107 cm³/mol. The van der Waals surface area contributed by atoms with Gasteiger partial charge in [-0.15, -0.1) is 0 Å². The van der Waals surface area contributed by atoms with E-state index in [1.165, 1.54) is 10.7 Å². The summed E-state index contributed by atoms with van der Waals surface area (Å²) in [7, 11) is 0. The number of amides is 1. The summed E-state index contributed by atoms with van der Waals surface area (Å²) >= 11 is 6.10. The molecule has 0 atom stereocenters. The van der Waals surface area contributed by atoms with E-state index in [1.807, 2.05) is 4.90 Å². The van der Waals surface area contributed by atoms with E-state index < -0.39 is 23.9 Å². The zero-order valence-corrected chi connectivity index (χ0v) is 17.8. The highest BCUT2D eigenvalue weighted by Gasteiger charge is 2.35. The molecule has 5 nitrogen and oxygen atoms in total. The molecular weight excluding hydrogens is 455 g/mol. The van der Waals surface area contributed by atoms with Gasteiger partial charge in [-0.05, 0) is 24.5 Å². The topological polar surface area (TPSA) is 41.4 Å². The van der Waals surface area contributed by atoms with Crippen LogP contribution in [0.2, 0.25) is 5.02 Å². The molecule has 0 bridgehead atoms. The number of aromatic nitrogens is 2. The number of hydrogen-bond acceptors (Lipinski definition) is 3. The Bertz CT molecular complexity index is 981. The van der Waals surface area contributed by atoms with Gasteiger partial charge in [-0.25, -0.2) is 8.78 Å². The lowest BCUT2D eigenvalue weighted by Gasteiger charge is -2.35. The molecule has 11 heteroatoms. The van der Waals surface area contributed by atoms with Gasteiger partial charge in [-0.2, -0.15) is 18.3 Å². The summed E-state index contributed by atoms with van der Waals surface area (Å²) in [6.07, 6.45) is -5.54. The summed E-state index contributed by atoms with van der Waals surface area (Å²) in [5.41, 5.74) is -0.124. The molecule has 2 fully saturated rings. The number of benzene rings is 1. The number of alkyl halides is 5. The molecule has 0 spiro atoms. The average molecular weight is 477 g/mol. The van der Waals surface area contributed by atoms with E-state index in [4.69, 9.17) is 11.6 Å². The molecule has 32 heavy (non-hydrogen) atoms. The molecule has 2 aromatic rings. The van der Waals surface area contributed by atoms with Gasteiger partial charge in [0.05, 0.1) is 16.3 Å². The number of hydrogen-bond donors (Lipinski definition) is 0. The van der Waals surface area contributed by atoms with Crippen molar-refractivity contribution in [3.05, 3.63) is 51.8 Å². The minimum absolute atomic E-state index is 0.0544. The van der Waals surface area contributed by atoms with E-state index in [0.29, 0.717) is 44.0 Å². The second-order valence-electron chi connectivity index (χ2n) is 8.17. The molecule has 1 amide bonds. The molecule has 2 aliphatic rings. The van der Waals surface area contributed by atoms with Crippen LogP contribution in [-0.4, -0.2) is 51.7 Å². The number of carbonyl (C=O) groups is 1. The van der Waals surface area contributed by atoms with Crippen LogP contribution in [0, 0.1) is 0 Å². The van der Waals surface area contributed by atoms with Gasteiger partial charge < -0.3 is 4.90 Å².